The minimum atomic E-state index is -4.04. The zero-order valence-corrected chi connectivity index (χ0v) is 30.5. The molecule has 1 aliphatic rings. The predicted molar refractivity (Wildman–Crippen MR) is 187 cm³/mol. The molecule has 1 aliphatic heterocycles. The van der Waals surface area contributed by atoms with Crippen molar-refractivity contribution in [3.8, 4) is 11.5 Å². The van der Waals surface area contributed by atoms with E-state index in [9.17, 15) is 31.1 Å². The molecule has 2 N–H and O–H groups in total. The number of amides is 1. The Morgan fingerprint density at radius 3 is 2.32 bits per heavy atom. The van der Waals surface area contributed by atoms with Gasteiger partial charge in [-0.05, 0) is 99.8 Å². The summed E-state index contributed by atoms with van der Waals surface area (Å²) in [5.41, 5.74) is 0.216. The van der Waals surface area contributed by atoms with Crippen molar-refractivity contribution in [3.63, 3.8) is 0 Å². The highest BCUT2D eigenvalue weighted by Gasteiger charge is 2.32. The zero-order valence-electron chi connectivity index (χ0n) is 28.9. The maximum Gasteiger partial charge on any atom is 0.261 e. The van der Waals surface area contributed by atoms with Gasteiger partial charge in [0, 0.05) is 38.3 Å². The molecule has 0 aromatic heterocycles. The molecule has 0 saturated carbocycles. The van der Waals surface area contributed by atoms with Gasteiger partial charge in [-0.1, -0.05) is 6.92 Å². The Balaban J connectivity index is 1.67. The molecule has 0 bridgehead atoms. The third kappa shape index (κ3) is 9.72. The van der Waals surface area contributed by atoms with Gasteiger partial charge in [0.2, 0.25) is 10.0 Å². The summed E-state index contributed by atoms with van der Waals surface area (Å²) in [5, 5.41) is 10.2. The van der Waals surface area contributed by atoms with Crippen LogP contribution in [0, 0.1) is 11.7 Å². The SMILES string of the molecule is COc1ccc(S(=O)(=O)Nc2ccc3c(c2)C(=O)N([C@H](C)CO)C[C@@H](C)[C@H](CN(C)S(=O)(=O)c2ccc(F)cc2)OCCCC[C@H](C)O3)cc1. The summed E-state index contributed by atoms with van der Waals surface area (Å²) in [4.78, 5) is 15.8. The largest absolute Gasteiger partial charge is 0.497 e. The minimum absolute atomic E-state index is 0.00334. The van der Waals surface area contributed by atoms with Gasteiger partial charge in [0.05, 0.1) is 47.3 Å². The summed E-state index contributed by atoms with van der Waals surface area (Å²) in [7, 11) is -5.13. The summed E-state index contributed by atoms with van der Waals surface area (Å²) < 4.78 is 88.0. The molecule has 0 unspecified atom stereocenters. The van der Waals surface area contributed by atoms with Crippen molar-refractivity contribution in [3.05, 3.63) is 78.1 Å². The van der Waals surface area contributed by atoms with Gasteiger partial charge in [0.1, 0.15) is 17.3 Å². The van der Waals surface area contributed by atoms with Crippen LogP contribution in [0.4, 0.5) is 10.1 Å². The van der Waals surface area contributed by atoms with Crippen LogP contribution in [0.15, 0.2) is 76.5 Å². The van der Waals surface area contributed by atoms with Gasteiger partial charge in [-0.15, -0.1) is 0 Å². The minimum Gasteiger partial charge on any atom is -0.497 e. The van der Waals surface area contributed by atoms with E-state index in [1.807, 2.05) is 13.8 Å². The van der Waals surface area contributed by atoms with E-state index in [1.165, 1.54) is 67.6 Å². The molecule has 50 heavy (non-hydrogen) atoms. The van der Waals surface area contributed by atoms with Gasteiger partial charge in [-0.3, -0.25) is 9.52 Å². The van der Waals surface area contributed by atoms with Crippen LogP contribution in [-0.4, -0.2) is 95.8 Å². The van der Waals surface area contributed by atoms with Crippen molar-refractivity contribution in [2.75, 3.05) is 45.2 Å². The molecule has 274 valence electrons. The van der Waals surface area contributed by atoms with E-state index in [0.29, 0.717) is 25.2 Å². The summed E-state index contributed by atoms with van der Waals surface area (Å²) in [6.07, 6.45) is 1.05. The monoisotopic (exact) mass is 735 g/mol. The second kappa shape index (κ2) is 17.0. The van der Waals surface area contributed by atoms with E-state index >= 15 is 0 Å². The van der Waals surface area contributed by atoms with Crippen molar-refractivity contribution in [1.29, 1.82) is 0 Å². The summed E-state index contributed by atoms with van der Waals surface area (Å²) in [6.45, 7) is 5.35. The Kier molecular flexibility index (Phi) is 13.2. The normalized spacial score (nSPS) is 20.4. The maximum atomic E-state index is 14.4. The number of fused-ring (bicyclic) bond motifs is 1. The van der Waals surface area contributed by atoms with Crippen molar-refractivity contribution in [1.82, 2.24) is 9.21 Å². The lowest BCUT2D eigenvalue weighted by molar-refractivity contribution is -0.00834. The smallest absolute Gasteiger partial charge is 0.261 e. The molecule has 4 rings (SSSR count). The molecule has 3 aromatic carbocycles. The van der Waals surface area contributed by atoms with Crippen molar-refractivity contribution < 1.29 is 45.3 Å². The van der Waals surface area contributed by atoms with Crippen LogP contribution >= 0.6 is 0 Å². The van der Waals surface area contributed by atoms with Crippen LogP contribution in [0.25, 0.3) is 0 Å². The molecule has 4 atom stereocenters. The van der Waals surface area contributed by atoms with Gasteiger partial charge in [0.25, 0.3) is 15.9 Å². The number of benzene rings is 3. The highest BCUT2D eigenvalue weighted by atomic mass is 32.2. The summed E-state index contributed by atoms with van der Waals surface area (Å²) in [6, 6.07) is 14.2. The fraction of sp³-hybridized carbons (Fsp3) is 0.457. The van der Waals surface area contributed by atoms with Crippen molar-refractivity contribution >= 4 is 31.6 Å². The van der Waals surface area contributed by atoms with Crippen LogP contribution < -0.4 is 14.2 Å². The molecule has 1 amide bonds. The second-order valence-electron chi connectivity index (χ2n) is 12.5. The number of carbonyl (C=O) groups is 1. The zero-order chi connectivity index (χ0) is 36.6. The first-order valence-electron chi connectivity index (χ1n) is 16.4. The fourth-order valence-corrected chi connectivity index (χ4v) is 7.79. The molecular formula is C35H46FN3O9S2. The maximum absolute atomic E-state index is 14.4. The lowest BCUT2D eigenvalue weighted by atomic mass is 10.0. The average molecular weight is 736 g/mol. The molecule has 3 aromatic rings. The van der Waals surface area contributed by atoms with E-state index in [1.54, 1.807) is 13.0 Å². The number of nitrogens with zero attached hydrogens (tertiary/aromatic N) is 2. The van der Waals surface area contributed by atoms with Gasteiger partial charge < -0.3 is 24.2 Å². The van der Waals surface area contributed by atoms with Crippen LogP contribution in [0.3, 0.4) is 0 Å². The van der Waals surface area contributed by atoms with Crippen LogP contribution in [0.1, 0.15) is 50.4 Å². The summed E-state index contributed by atoms with van der Waals surface area (Å²) in [5.74, 6) is -0.752. The molecule has 0 radical (unpaired) electrons. The van der Waals surface area contributed by atoms with E-state index in [0.717, 1.165) is 22.9 Å². The van der Waals surface area contributed by atoms with E-state index in [4.69, 9.17) is 14.2 Å². The fourth-order valence-electron chi connectivity index (χ4n) is 5.56. The molecule has 0 aliphatic carbocycles. The number of likely N-dealkylation sites (N-methyl/N-ethyl adjacent to an activating group) is 1. The van der Waals surface area contributed by atoms with Crippen LogP contribution in [0.2, 0.25) is 0 Å². The van der Waals surface area contributed by atoms with E-state index in [-0.39, 0.29) is 52.6 Å². The molecule has 1 heterocycles. The van der Waals surface area contributed by atoms with Crippen LogP contribution in [-0.2, 0) is 24.8 Å². The van der Waals surface area contributed by atoms with Crippen LogP contribution in [0.5, 0.6) is 11.5 Å². The Bertz CT molecular complexity index is 1810. The number of sulfonamides is 2. The van der Waals surface area contributed by atoms with Crippen molar-refractivity contribution in [2.24, 2.45) is 5.92 Å². The number of hydrogen-bond donors (Lipinski definition) is 2. The third-order valence-electron chi connectivity index (χ3n) is 8.63. The number of methoxy groups -OCH3 is 1. The molecular weight excluding hydrogens is 690 g/mol. The standard InChI is InChI=1S/C35H46FN3O9S2/c1-24-21-39(25(2)23-40)35(41)32-20-28(37-49(42,43)30-16-12-29(46-5)13-17-30)11-18-33(32)48-26(3)8-6-7-19-47-34(24)22-38(4)50(44,45)31-14-9-27(36)10-15-31/h9-18,20,24-26,34,37,40H,6-8,19,21-23H2,1-5H3/t24-,25-,26+,34+/m1/s1. The number of halogens is 1. The number of nitrogens with one attached hydrogen (secondary N) is 1. The van der Waals surface area contributed by atoms with E-state index < -0.39 is 49.8 Å². The molecule has 0 spiro atoms. The topological polar surface area (TPSA) is 152 Å². The third-order valence-corrected chi connectivity index (χ3v) is 11.9. The quantitative estimate of drug-likeness (QED) is 0.301. The van der Waals surface area contributed by atoms with Gasteiger partial charge in [-0.2, -0.15) is 4.31 Å². The number of aliphatic hydroxyl groups excluding tert-OH is 1. The first kappa shape index (κ1) is 39.0. The number of aliphatic hydroxyl groups is 1. The highest BCUT2D eigenvalue weighted by Crippen LogP contribution is 2.30. The average Bonchev–Trinajstić information content (AvgIpc) is 3.09. The highest BCUT2D eigenvalue weighted by molar-refractivity contribution is 7.92. The first-order chi connectivity index (χ1) is 23.7. The number of rotatable bonds is 10. The Hall–Kier alpha value is -3.76. The molecule has 0 saturated heterocycles. The number of hydrogen-bond acceptors (Lipinski definition) is 9. The lowest BCUT2D eigenvalue weighted by Crippen LogP contribution is -2.48. The van der Waals surface area contributed by atoms with Gasteiger partial charge in [-0.25, -0.2) is 21.2 Å². The Labute approximate surface area is 294 Å². The first-order valence-corrected chi connectivity index (χ1v) is 19.3. The molecule has 12 nitrogen and oxygen atoms in total. The lowest BCUT2D eigenvalue weighted by Gasteiger charge is -2.35. The second-order valence-corrected chi connectivity index (χ2v) is 16.3. The Morgan fingerprint density at radius 2 is 1.68 bits per heavy atom. The number of ether oxygens (including phenoxy) is 3. The molecule has 0 fully saturated rings. The molecule has 15 heteroatoms. The van der Waals surface area contributed by atoms with Gasteiger partial charge >= 0.3 is 0 Å². The van der Waals surface area contributed by atoms with Crippen molar-refractivity contribution in [2.45, 2.75) is 68.1 Å². The Morgan fingerprint density at radius 1 is 1.02 bits per heavy atom. The predicted octanol–water partition coefficient (Wildman–Crippen LogP) is 4.75. The number of carbonyl (C=O) groups excluding carboxylic acids is 1. The number of anilines is 1. The summed E-state index contributed by atoms with van der Waals surface area (Å²) >= 11 is 0. The van der Waals surface area contributed by atoms with E-state index in [2.05, 4.69) is 4.72 Å². The van der Waals surface area contributed by atoms with Gasteiger partial charge in [0.15, 0.2) is 0 Å².